The Balaban J connectivity index is 2.14. The number of phenols is 1. The molecule has 0 radical (unpaired) electrons. The number of carboxylic acid groups (broad SMARTS) is 1. The predicted octanol–water partition coefficient (Wildman–Crippen LogP) is -0.922. The Morgan fingerprint density at radius 3 is 2.08 bits per heavy atom. The number of primary amides is 1. The third-order valence-corrected chi connectivity index (χ3v) is 5.97. The quantitative estimate of drug-likeness (QED) is 0.127. The van der Waals surface area contributed by atoms with Crippen LogP contribution in [0.4, 0.5) is 0 Å². The van der Waals surface area contributed by atoms with Crippen LogP contribution in [0, 0.1) is 5.92 Å². The summed E-state index contributed by atoms with van der Waals surface area (Å²) >= 11 is 0. The zero-order valence-electron chi connectivity index (χ0n) is 22.4. The van der Waals surface area contributed by atoms with Crippen molar-refractivity contribution in [3.05, 3.63) is 48.0 Å². The first kappa shape index (κ1) is 31.8. The van der Waals surface area contributed by atoms with Crippen molar-refractivity contribution in [2.75, 3.05) is 0 Å². The van der Waals surface area contributed by atoms with Gasteiger partial charge < -0.3 is 42.6 Å². The highest BCUT2D eigenvalue weighted by Gasteiger charge is 2.31. The topological polar surface area (TPSA) is 243 Å². The molecule has 2 aromatic rings. The number of imidazole rings is 1. The van der Waals surface area contributed by atoms with Crippen molar-refractivity contribution >= 4 is 29.6 Å². The van der Waals surface area contributed by atoms with E-state index in [1.165, 1.54) is 36.8 Å². The number of amides is 4. The van der Waals surface area contributed by atoms with Gasteiger partial charge in [0, 0.05) is 31.2 Å². The smallest absolute Gasteiger partial charge is 0.326 e. The highest BCUT2D eigenvalue weighted by molar-refractivity contribution is 5.94. The molecule has 40 heavy (non-hydrogen) atoms. The first-order valence-electron chi connectivity index (χ1n) is 12.8. The van der Waals surface area contributed by atoms with Gasteiger partial charge in [-0.2, -0.15) is 0 Å². The fraction of sp³-hybridized carbons (Fsp3) is 0.462. The fourth-order valence-corrected chi connectivity index (χ4v) is 3.88. The molecule has 4 amide bonds. The number of aromatic nitrogens is 2. The lowest BCUT2D eigenvalue weighted by Gasteiger charge is -2.26. The predicted molar refractivity (Wildman–Crippen MR) is 143 cm³/mol. The second-order valence-corrected chi connectivity index (χ2v) is 9.91. The average Bonchev–Trinajstić information content (AvgIpc) is 3.39. The van der Waals surface area contributed by atoms with Gasteiger partial charge in [0.25, 0.3) is 0 Å². The number of nitrogens with zero attached hydrogens (tertiary/aromatic N) is 1. The maximum Gasteiger partial charge on any atom is 0.326 e. The van der Waals surface area contributed by atoms with E-state index < -0.39 is 53.8 Å². The molecule has 0 bridgehead atoms. The SMILES string of the molecule is CC(C)CC(NC(=O)C(N)Cc1cnc[nH]1)C(=O)NC(CCC(N)=O)C(=O)NC(Cc1ccc(O)cc1)C(=O)O. The van der Waals surface area contributed by atoms with Crippen molar-refractivity contribution in [3.8, 4) is 5.75 Å². The minimum atomic E-state index is -1.36. The molecule has 4 atom stereocenters. The van der Waals surface area contributed by atoms with Crippen LogP contribution in [0.5, 0.6) is 5.75 Å². The lowest BCUT2D eigenvalue weighted by molar-refractivity contribution is -0.142. The van der Waals surface area contributed by atoms with Gasteiger partial charge in [0.05, 0.1) is 12.4 Å². The molecule has 218 valence electrons. The zero-order valence-corrected chi connectivity index (χ0v) is 22.4. The van der Waals surface area contributed by atoms with Crippen molar-refractivity contribution in [2.45, 2.75) is 70.1 Å². The molecule has 2 rings (SSSR count). The van der Waals surface area contributed by atoms with Gasteiger partial charge in [-0.05, 0) is 36.5 Å². The minimum absolute atomic E-state index is 0.000745. The number of phenolic OH excluding ortho intramolecular Hbond substituents is 1. The number of carbonyl (C=O) groups excluding carboxylic acids is 4. The van der Waals surface area contributed by atoms with Crippen LogP contribution < -0.4 is 27.4 Å². The number of hydrogen-bond acceptors (Lipinski definition) is 8. The second-order valence-electron chi connectivity index (χ2n) is 9.91. The van der Waals surface area contributed by atoms with E-state index in [9.17, 15) is 34.2 Å². The number of H-pyrrole nitrogens is 1. The molecule has 1 heterocycles. The van der Waals surface area contributed by atoms with Gasteiger partial charge in [0.2, 0.25) is 23.6 Å². The summed E-state index contributed by atoms with van der Waals surface area (Å²) in [5, 5.41) is 26.6. The van der Waals surface area contributed by atoms with Gasteiger partial charge >= 0.3 is 5.97 Å². The molecular formula is C26H37N7O7. The molecule has 10 N–H and O–H groups in total. The van der Waals surface area contributed by atoms with Crippen LogP contribution >= 0.6 is 0 Å². The van der Waals surface area contributed by atoms with Crippen molar-refractivity contribution in [1.82, 2.24) is 25.9 Å². The Morgan fingerprint density at radius 2 is 1.52 bits per heavy atom. The van der Waals surface area contributed by atoms with Gasteiger partial charge in [-0.15, -0.1) is 0 Å². The standard InChI is InChI=1S/C26H37N7O7/c1-14(2)9-20(32-23(36)18(27)11-16-12-29-13-30-16)25(38)31-19(7-8-22(28)35)24(37)33-21(26(39)40)10-15-3-5-17(34)6-4-15/h3-6,12-14,18-21,34H,7-11,27H2,1-2H3,(H2,28,35)(H,29,30)(H,31,38)(H,32,36)(H,33,37)(H,39,40). The van der Waals surface area contributed by atoms with Gasteiger partial charge in [0.1, 0.15) is 23.9 Å². The van der Waals surface area contributed by atoms with Crippen LogP contribution in [0.1, 0.15) is 44.4 Å². The lowest BCUT2D eigenvalue weighted by Crippen LogP contribution is -2.57. The number of aromatic hydroxyl groups is 1. The highest BCUT2D eigenvalue weighted by atomic mass is 16.4. The first-order valence-corrected chi connectivity index (χ1v) is 12.8. The van der Waals surface area contributed by atoms with E-state index in [2.05, 4.69) is 25.9 Å². The molecule has 4 unspecified atom stereocenters. The van der Waals surface area contributed by atoms with E-state index in [1.807, 2.05) is 13.8 Å². The third-order valence-electron chi connectivity index (χ3n) is 5.97. The molecule has 1 aromatic carbocycles. The lowest BCUT2D eigenvalue weighted by atomic mass is 10.0. The maximum absolute atomic E-state index is 13.2. The first-order chi connectivity index (χ1) is 18.8. The van der Waals surface area contributed by atoms with Crippen molar-refractivity contribution < 1.29 is 34.2 Å². The van der Waals surface area contributed by atoms with E-state index in [0.717, 1.165) is 0 Å². The number of nitrogens with two attached hydrogens (primary N) is 2. The van der Waals surface area contributed by atoms with E-state index in [4.69, 9.17) is 11.5 Å². The largest absolute Gasteiger partial charge is 0.508 e. The Kier molecular flexibility index (Phi) is 12.1. The highest BCUT2D eigenvalue weighted by Crippen LogP contribution is 2.12. The number of nitrogens with one attached hydrogen (secondary N) is 4. The Morgan fingerprint density at radius 1 is 0.925 bits per heavy atom. The van der Waals surface area contributed by atoms with Gasteiger partial charge in [-0.25, -0.2) is 9.78 Å². The molecule has 14 heteroatoms. The summed E-state index contributed by atoms with van der Waals surface area (Å²) in [5.74, 6) is -4.20. The summed E-state index contributed by atoms with van der Waals surface area (Å²) in [4.78, 5) is 69.1. The van der Waals surface area contributed by atoms with Gasteiger partial charge in [0.15, 0.2) is 0 Å². The van der Waals surface area contributed by atoms with Crippen LogP contribution in [0.2, 0.25) is 0 Å². The van der Waals surface area contributed by atoms with Crippen LogP contribution in [-0.2, 0) is 36.8 Å². The van der Waals surface area contributed by atoms with Gasteiger partial charge in [-0.3, -0.25) is 19.2 Å². The fourth-order valence-electron chi connectivity index (χ4n) is 3.88. The second kappa shape index (κ2) is 15.2. The molecule has 0 spiro atoms. The van der Waals surface area contributed by atoms with E-state index in [1.54, 1.807) is 0 Å². The summed E-state index contributed by atoms with van der Waals surface area (Å²) in [6, 6.07) is 1.08. The average molecular weight is 560 g/mol. The van der Waals surface area contributed by atoms with Crippen LogP contribution in [0.3, 0.4) is 0 Å². The van der Waals surface area contributed by atoms with E-state index in [0.29, 0.717) is 11.3 Å². The van der Waals surface area contributed by atoms with Crippen molar-refractivity contribution in [2.24, 2.45) is 17.4 Å². The molecule has 14 nitrogen and oxygen atoms in total. The summed E-state index contributed by atoms with van der Waals surface area (Å²) in [5.41, 5.74) is 12.4. The number of benzene rings is 1. The number of hydrogen-bond donors (Lipinski definition) is 8. The van der Waals surface area contributed by atoms with Crippen molar-refractivity contribution in [3.63, 3.8) is 0 Å². The monoisotopic (exact) mass is 559 g/mol. The normalized spacial score (nSPS) is 14.0. The minimum Gasteiger partial charge on any atom is -0.508 e. The van der Waals surface area contributed by atoms with Crippen LogP contribution in [-0.4, -0.2) is 73.9 Å². The molecule has 0 saturated heterocycles. The Bertz CT molecular complexity index is 1150. The summed E-state index contributed by atoms with van der Waals surface area (Å²) in [6.45, 7) is 3.68. The molecule has 0 aliphatic rings. The number of aliphatic carboxylic acids is 1. The van der Waals surface area contributed by atoms with E-state index >= 15 is 0 Å². The van der Waals surface area contributed by atoms with Gasteiger partial charge in [-0.1, -0.05) is 26.0 Å². The molecule has 1 aromatic heterocycles. The molecule has 0 saturated carbocycles. The summed E-state index contributed by atoms with van der Waals surface area (Å²) in [7, 11) is 0. The van der Waals surface area contributed by atoms with Crippen molar-refractivity contribution in [1.29, 1.82) is 0 Å². The maximum atomic E-state index is 13.2. The Hall–Kier alpha value is -4.46. The van der Waals surface area contributed by atoms with Crippen LogP contribution in [0.25, 0.3) is 0 Å². The third kappa shape index (κ3) is 10.7. The summed E-state index contributed by atoms with van der Waals surface area (Å²) < 4.78 is 0. The number of aromatic amines is 1. The zero-order chi connectivity index (χ0) is 29.8. The van der Waals surface area contributed by atoms with E-state index in [-0.39, 0.29) is 43.8 Å². The Labute approximate surface area is 231 Å². The van der Waals surface area contributed by atoms with Crippen LogP contribution in [0.15, 0.2) is 36.8 Å². The number of carboxylic acids is 1. The number of rotatable bonds is 16. The molecule has 0 aliphatic heterocycles. The summed E-state index contributed by atoms with van der Waals surface area (Å²) in [6.07, 6.45) is 2.80. The molecule has 0 fully saturated rings. The molecule has 0 aliphatic carbocycles. The molecular weight excluding hydrogens is 522 g/mol. The number of carbonyl (C=O) groups is 5.